The highest BCUT2D eigenvalue weighted by Crippen LogP contribution is 2.28. The average molecular weight is 345 g/mol. The van der Waals surface area contributed by atoms with Crippen molar-refractivity contribution in [3.05, 3.63) is 38.3 Å². The summed E-state index contributed by atoms with van der Waals surface area (Å²) in [6.45, 7) is 3.31. The Kier molecular flexibility index (Phi) is 5.20. The molecule has 0 fully saturated rings. The monoisotopic (exact) mass is 344 g/mol. The number of hydrogen-bond acceptors (Lipinski definition) is 4. The number of halogens is 1. The highest BCUT2D eigenvalue weighted by atomic mass is 79.9. The molecule has 20 heavy (non-hydrogen) atoms. The second-order valence-electron chi connectivity index (χ2n) is 4.43. The van der Waals surface area contributed by atoms with E-state index in [2.05, 4.69) is 21.2 Å². The van der Waals surface area contributed by atoms with Gasteiger partial charge in [0.25, 0.3) is 11.6 Å². The van der Waals surface area contributed by atoms with Crippen molar-refractivity contribution < 1.29 is 19.6 Å². The van der Waals surface area contributed by atoms with E-state index in [1.165, 1.54) is 18.2 Å². The van der Waals surface area contributed by atoms with E-state index < -0.39 is 22.8 Å². The molecule has 0 bridgehead atoms. The Morgan fingerprint density at radius 2 is 2.00 bits per heavy atom. The van der Waals surface area contributed by atoms with E-state index in [1.807, 2.05) is 0 Å². The summed E-state index contributed by atoms with van der Waals surface area (Å²) in [5.74, 6) is -2.15. The minimum absolute atomic E-state index is 0.0195. The molecule has 1 atom stereocenters. The molecule has 1 aromatic rings. The molecule has 0 aliphatic heterocycles. The van der Waals surface area contributed by atoms with E-state index in [-0.39, 0.29) is 21.6 Å². The Morgan fingerprint density at radius 1 is 1.40 bits per heavy atom. The minimum atomic E-state index is -1.16. The first-order valence-corrected chi connectivity index (χ1v) is 6.51. The summed E-state index contributed by atoms with van der Waals surface area (Å²) in [7, 11) is 0. The fraction of sp³-hybridized carbons (Fsp3) is 0.333. The normalized spacial score (nSPS) is 12.0. The maximum atomic E-state index is 12.0. The predicted octanol–water partition coefficient (Wildman–Crippen LogP) is 2.20. The minimum Gasteiger partial charge on any atom is -0.480 e. The fourth-order valence-electron chi connectivity index (χ4n) is 1.57. The van der Waals surface area contributed by atoms with Crippen LogP contribution in [-0.4, -0.2) is 27.9 Å². The van der Waals surface area contributed by atoms with E-state index in [1.54, 1.807) is 13.8 Å². The van der Waals surface area contributed by atoms with Crippen LogP contribution in [0.15, 0.2) is 22.7 Å². The first-order valence-electron chi connectivity index (χ1n) is 5.72. The van der Waals surface area contributed by atoms with Crippen LogP contribution in [0.4, 0.5) is 5.69 Å². The molecule has 8 heteroatoms. The van der Waals surface area contributed by atoms with Crippen molar-refractivity contribution in [2.75, 3.05) is 0 Å². The molecule has 0 aliphatic rings. The number of nitro benzene ring substituents is 1. The number of amides is 1. The molecule has 7 nitrogen and oxygen atoms in total. The molecule has 0 saturated carbocycles. The smallest absolute Gasteiger partial charge is 0.326 e. The summed E-state index contributed by atoms with van der Waals surface area (Å²) >= 11 is 3.00. The largest absolute Gasteiger partial charge is 0.480 e. The molecular weight excluding hydrogens is 332 g/mol. The first-order chi connectivity index (χ1) is 9.25. The number of nitro groups is 1. The zero-order valence-electron chi connectivity index (χ0n) is 10.8. The molecule has 0 heterocycles. The van der Waals surface area contributed by atoms with Crippen LogP contribution in [0.5, 0.6) is 0 Å². The Bertz CT molecular complexity index is 559. The third kappa shape index (κ3) is 3.53. The van der Waals surface area contributed by atoms with Crippen LogP contribution in [0.2, 0.25) is 0 Å². The Hall–Kier alpha value is -1.96. The summed E-state index contributed by atoms with van der Waals surface area (Å²) in [5.41, 5.74) is -0.236. The maximum absolute atomic E-state index is 12.0. The first kappa shape index (κ1) is 16.1. The number of carbonyl (C=O) groups excluding carboxylic acids is 1. The molecule has 0 aliphatic carbocycles. The van der Waals surface area contributed by atoms with Crippen molar-refractivity contribution in [1.29, 1.82) is 0 Å². The topological polar surface area (TPSA) is 110 Å². The van der Waals surface area contributed by atoms with Gasteiger partial charge >= 0.3 is 5.97 Å². The van der Waals surface area contributed by atoms with E-state index in [0.717, 1.165) is 0 Å². The van der Waals surface area contributed by atoms with Gasteiger partial charge in [0, 0.05) is 6.07 Å². The fourth-order valence-corrected chi connectivity index (χ4v) is 2.16. The number of nitrogens with zero attached hydrogens (tertiary/aromatic N) is 1. The number of nitrogens with one attached hydrogen (secondary N) is 1. The lowest BCUT2D eigenvalue weighted by atomic mass is 10.0. The standard InChI is InChI=1S/C12H13BrN2O5/c1-6(2)10(12(17)18)14-11(16)7-4-3-5-8(9(7)13)15(19)20/h3-6,10H,1-2H3,(H,14,16)(H,17,18). The molecule has 1 unspecified atom stereocenters. The number of carbonyl (C=O) groups is 2. The Morgan fingerprint density at radius 3 is 2.45 bits per heavy atom. The van der Waals surface area contributed by atoms with Crippen molar-refractivity contribution in [1.82, 2.24) is 5.32 Å². The summed E-state index contributed by atoms with van der Waals surface area (Å²) in [6, 6.07) is 2.93. The lowest BCUT2D eigenvalue weighted by Gasteiger charge is -2.18. The van der Waals surface area contributed by atoms with Gasteiger partial charge in [-0.1, -0.05) is 19.9 Å². The summed E-state index contributed by atoms with van der Waals surface area (Å²) in [6.07, 6.45) is 0. The number of carboxylic acids is 1. The van der Waals surface area contributed by atoms with Crippen molar-refractivity contribution in [2.24, 2.45) is 5.92 Å². The third-order valence-corrected chi connectivity index (χ3v) is 3.47. The van der Waals surface area contributed by atoms with Gasteiger partial charge in [-0.05, 0) is 27.9 Å². The number of hydrogen-bond donors (Lipinski definition) is 2. The summed E-state index contributed by atoms with van der Waals surface area (Å²) in [5, 5.41) is 22.1. The second-order valence-corrected chi connectivity index (χ2v) is 5.22. The van der Waals surface area contributed by atoms with Crippen molar-refractivity contribution in [3.63, 3.8) is 0 Å². The number of rotatable bonds is 5. The van der Waals surface area contributed by atoms with Gasteiger partial charge in [0.15, 0.2) is 0 Å². The van der Waals surface area contributed by atoms with E-state index in [0.29, 0.717) is 0 Å². The van der Waals surface area contributed by atoms with Crippen LogP contribution in [0.3, 0.4) is 0 Å². The highest BCUT2D eigenvalue weighted by Gasteiger charge is 2.26. The van der Waals surface area contributed by atoms with Gasteiger partial charge in [-0.3, -0.25) is 14.9 Å². The molecule has 1 rings (SSSR count). The van der Waals surface area contributed by atoms with Gasteiger partial charge in [0.05, 0.1) is 10.5 Å². The van der Waals surface area contributed by atoms with E-state index in [4.69, 9.17) is 5.11 Å². The number of aliphatic carboxylic acids is 1. The highest BCUT2D eigenvalue weighted by molar-refractivity contribution is 9.10. The lowest BCUT2D eigenvalue weighted by Crippen LogP contribution is -2.44. The van der Waals surface area contributed by atoms with E-state index in [9.17, 15) is 19.7 Å². The van der Waals surface area contributed by atoms with Crippen molar-refractivity contribution in [2.45, 2.75) is 19.9 Å². The van der Waals surface area contributed by atoms with Gasteiger partial charge < -0.3 is 10.4 Å². The molecule has 2 N–H and O–H groups in total. The molecule has 0 saturated heterocycles. The van der Waals surface area contributed by atoms with Gasteiger partial charge in [-0.2, -0.15) is 0 Å². The average Bonchev–Trinajstić information content (AvgIpc) is 2.34. The van der Waals surface area contributed by atoms with E-state index >= 15 is 0 Å². The molecule has 1 amide bonds. The van der Waals surface area contributed by atoms with Gasteiger partial charge in [0.2, 0.25) is 0 Å². The summed E-state index contributed by atoms with van der Waals surface area (Å²) < 4.78 is 0.0235. The molecule has 0 aromatic heterocycles. The molecular formula is C12H13BrN2O5. The third-order valence-electron chi connectivity index (χ3n) is 2.64. The summed E-state index contributed by atoms with van der Waals surface area (Å²) in [4.78, 5) is 33.2. The number of benzene rings is 1. The second kappa shape index (κ2) is 6.47. The van der Waals surface area contributed by atoms with Crippen LogP contribution in [0.25, 0.3) is 0 Å². The Balaban J connectivity index is 3.07. The van der Waals surface area contributed by atoms with Crippen molar-refractivity contribution >= 4 is 33.5 Å². The lowest BCUT2D eigenvalue weighted by molar-refractivity contribution is -0.385. The zero-order valence-corrected chi connectivity index (χ0v) is 12.4. The quantitative estimate of drug-likeness (QED) is 0.628. The predicted molar refractivity (Wildman–Crippen MR) is 74.5 cm³/mol. The van der Waals surface area contributed by atoms with Gasteiger partial charge in [0.1, 0.15) is 10.5 Å². The Labute approximate surface area is 123 Å². The van der Waals surface area contributed by atoms with Crippen LogP contribution >= 0.6 is 15.9 Å². The maximum Gasteiger partial charge on any atom is 0.326 e. The van der Waals surface area contributed by atoms with Crippen LogP contribution in [-0.2, 0) is 4.79 Å². The SMILES string of the molecule is CC(C)C(NC(=O)c1cccc([N+](=O)[O-])c1Br)C(=O)O. The molecule has 108 valence electrons. The van der Waals surface area contributed by atoms with Crippen LogP contribution < -0.4 is 5.32 Å². The molecule has 1 aromatic carbocycles. The van der Waals surface area contributed by atoms with Gasteiger partial charge in [-0.15, -0.1) is 0 Å². The van der Waals surface area contributed by atoms with Crippen LogP contribution in [0, 0.1) is 16.0 Å². The van der Waals surface area contributed by atoms with Crippen molar-refractivity contribution in [3.8, 4) is 0 Å². The van der Waals surface area contributed by atoms with Gasteiger partial charge in [-0.25, -0.2) is 4.79 Å². The molecule has 0 radical (unpaired) electrons. The molecule has 0 spiro atoms. The van der Waals surface area contributed by atoms with Crippen LogP contribution in [0.1, 0.15) is 24.2 Å². The zero-order chi connectivity index (χ0) is 15.4. The number of carboxylic acid groups (broad SMARTS) is 1.